The lowest BCUT2D eigenvalue weighted by atomic mass is 10.1. The number of carbonyl (C=O) groups excluding carboxylic acids is 1. The van der Waals surface area contributed by atoms with Crippen molar-refractivity contribution in [2.45, 2.75) is 18.4 Å². The molecule has 1 aromatic heterocycles. The van der Waals surface area contributed by atoms with Gasteiger partial charge in [0.15, 0.2) is 0 Å². The molecule has 0 unspecified atom stereocenters. The Morgan fingerprint density at radius 2 is 2.43 bits per heavy atom. The standard InChI is InChI=1S/C11H12N2O/c1-2-10(14)13-11(5-6-11)9-4-3-7-12-8-9/h2-4,7-8H,1,5-6H2,(H,13,14). The van der Waals surface area contributed by atoms with Crippen molar-refractivity contribution in [2.75, 3.05) is 0 Å². The highest BCUT2D eigenvalue weighted by Gasteiger charge is 2.45. The Morgan fingerprint density at radius 1 is 1.64 bits per heavy atom. The number of pyridine rings is 1. The fourth-order valence-corrected chi connectivity index (χ4v) is 1.54. The molecular weight excluding hydrogens is 176 g/mol. The first-order valence-electron chi connectivity index (χ1n) is 4.62. The van der Waals surface area contributed by atoms with Crippen LogP contribution in [-0.2, 0) is 10.3 Å². The summed E-state index contributed by atoms with van der Waals surface area (Å²) in [6, 6.07) is 3.87. The minimum absolute atomic E-state index is 0.119. The lowest BCUT2D eigenvalue weighted by Gasteiger charge is -2.15. The zero-order chi connectivity index (χ0) is 10.0. The third kappa shape index (κ3) is 1.53. The molecule has 1 aliphatic carbocycles. The van der Waals surface area contributed by atoms with E-state index in [1.54, 1.807) is 12.4 Å². The highest BCUT2D eigenvalue weighted by Crippen LogP contribution is 2.44. The van der Waals surface area contributed by atoms with Gasteiger partial charge in [-0.05, 0) is 30.5 Å². The van der Waals surface area contributed by atoms with Crippen LogP contribution >= 0.6 is 0 Å². The molecule has 3 heteroatoms. The molecule has 1 amide bonds. The smallest absolute Gasteiger partial charge is 0.244 e. The highest BCUT2D eigenvalue weighted by molar-refractivity contribution is 5.88. The Kier molecular flexibility index (Phi) is 2.08. The molecule has 2 rings (SSSR count). The molecule has 14 heavy (non-hydrogen) atoms. The molecule has 72 valence electrons. The third-order valence-electron chi connectivity index (χ3n) is 2.51. The van der Waals surface area contributed by atoms with Gasteiger partial charge in [-0.1, -0.05) is 12.6 Å². The van der Waals surface area contributed by atoms with Gasteiger partial charge in [-0.15, -0.1) is 0 Å². The first kappa shape index (κ1) is 8.94. The molecule has 0 radical (unpaired) electrons. The van der Waals surface area contributed by atoms with E-state index in [1.807, 2.05) is 12.1 Å². The van der Waals surface area contributed by atoms with Crippen LogP contribution in [0.1, 0.15) is 18.4 Å². The molecule has 0 aromatic carbocycles. The highest BCUT2D eigenvalue weighted by atomic mass is 16.1. The first-order chi connectivity index (χ1) is 6.77. The predicted octanol–water partition coefficient (Wildman–Crippen LogP) is 1.37. The monoisotopic (exact) mass is 188 g/mol. The number of nitrogens with one attached hydrogen (secondary N) is 1. The minimum Gasteiger partial charge on any atom is -0.343 e. The molecule has 3 nitrogen and oxygen atoms in total. The van der Waals surface area contributed by atoms with E-state index in [2.05, 4.69) is 16.9 Å². The van der Waals surface area contributed by atoms with Gasteiger partial charge >= 0.3 is 0 Å². The van der Waals surface area contributed by atoms with Gasteiger partial charge in [-0.2, -0.15) is 0 Å². The molecule has 1 N–H and O–H groups in total. The number of aromatic nitrogens is 1. The van der Waals surface area contributed by atoms with Crippen LogP contribution in [0.2, 0.25) is 0 Å². The normalized spacial score (nSPS) is 17.1. The van der Waals surface area contributed by atoms with Crippen LogP contribution in [0.25, 0.3) is 0 Å². The fraction of sp³-hybridized carbons (Fsp3) is 0.273. The van der Waals surface area contributed by atoms with Gasteiger partial charge in [-0.3, -0.25) is 9.78 Å². The third-order valence-corrected chi connectivity index (χ3v) is 2.51. The van der Waals surface area contributed by atoms with E-state index in [-0.39, 0.29) is 11.4 Å². The SMILES string of the molecule is C=CC(=O)NC1(c2cccnc2)CC1. The average Bonchev–Trinajstić information content (AvgIpc) is 3.00. The maximum absolute atomic E-state index is 11.2. The Hall–Kier alpha value is -1.64. The van der Waals surface area contributed by atoms with E-state index in [9.17, 15) is 4.79 Å². The van der Waals surface area contributed by atoms with E-state index in [4.69, 9.17) is 0 Å². The number of hydrogen-bond donors (Lipinski definition) is 1. The molecule has 0 bridgehead atoms. The van der Waals surface area contributed by atoms with Crippen molar-refractivity contribution in [1.29, 1.82) is 0 Å². The van der Waals surface area contributed by atoms with E-state index in [0.717, 1.165) is 18.4 Å². The van der Waals surface area contributed by atoms with Gasteiger partial charge in [0.1, 0.15) is 0 Å². The summed E-state index contributed by atoms with van der Waals surface area (Å²) in [5.41, 5.74) is 0.912. The van der Waals surface area contributed by atoms with Crippen LogP contribution in [0, 0.1) is 0 Å². The van der Waals surface area contributed by atoms with Gasteiger partial charge < -0.3 is 5.32 Å². The molecule has 0 saturated heterocycles. The van der Waals surface area contributed by atoms with Crippen LogP contribution in [-0.4, -0.2) is 10.9 Å². The average molecular weight is 188 g/mol. The molecule has 0 atom stereocenters. The molecule has 1 heterocycles. The molecule has 1 fully saturated rings. The van der Waals surface area contributed by atoms with E-state index < -0.39 is 0 Å². The summed E-state index contributed by atoms with van der Waals surface area (Å²) in [5, 5.41) is 2.94. The van der Waals surface area contributed by atoms with Crippen molar-refractivity contribution >= 4 is 5.91 Å². The summed E-state index contributed by atoms with van der Waals surface area (Å²) < 4.78 is 0. The first-order valence-corrected chi connectivity index (χ1v) is 4.62. The Bertz CT molecular complexity index is 355. The maximum atomic E-state index is 11.2. The predicted molar refractivity (Wildman–Crippen MR) is 53.5 cm³/mol. The van der Waals surface area contributed by atoms with Gasteiger partial charge in [-0.25, -0.2) is 0 Å². The van der Waals surface area contributed by atoms with Gasteiger partial charge in [0, 0.05) is 12.4 Å². The molecule has 1 saturated carbocycles. The zero-order valence-electron chi connectivity index (χ0n) is 7.86. The van der Waals surface area contributed by atoms with E-state index in [0.29, 0.717) is 0 Å². The largest absolute Gasteiger partial charge is 0.343 e. The summed E-state index contributed by atoms with van der Waals surface area (Å²) in [4.78, 5) is 15.2. The Balaban J connectivity index is 2.18. The number of rotatable bonds is 3. The Morgan fingerprint density at radius 3 is 2.93 bits per heavy atom. The van der Waals surface area contributed by atoms with Crippen LogP contribution in [0.4, 0.5) is 0 Å². The number of carbonyl (C=O) groups is 1. The summed E-state index contributed by atoms with van der Waals surface area (Å²) in [6.07, 6.45) is 6.80. The quantitative estimate of drug-likeness (QED) is 0.728. The second-order valence-electron chi connectivity index (χ2n) is 3.52. The molecule has 1 aliphatic rings. The number of amides is 1. The van der Waals surface area contributed by atoms with Crippen LogP contribution in [0.15, 0.2) is 37.2 Å². The number of hydrogen-bond acceptors (Lipinski definition) is 2. The molecule has 1 aromatic rings. The van der Waals surface area contributed by atoms with Gasteiger partial charge in [0.05, 0.1) is 5.54 Å². The fourth-order valence-electron chi connectivity index (χ4n) is 1.54. The maximum Gasteiger partial charge on any atom is 0.244 e. The lowest BCUT2D eigenvalue weighted by Crippen LogP contribution is -2.33. The topological polar surface area (TPSA) is 42.0 Å². The van der Waals surface area contributed by atoms with Gasteiger partial charge in [0.2, 0.25) is 5.91 Å². The molecule has 0 aliphatic heterocycles. The summed E-state index contributed by atoms with van der Waals surface area (Å²) in [6.45, 7) is 3.44. The second-order valence-corrected chi connectivity index (χ2v) is 3.52. The lowest BCUT2D eigenvalue weighted by molar-refractivity contribution is -0.117. The van der Waals surface area contributed by atoms with Crippen LogP contribution in [0.5, 0.6) is 0 Å². The van der Waals surface area contributed by atoms with Crippen molar-refractivity contribution < 1.29 is 4.79 Å². The van der Waals surface area contributed by atoms with E-state index in [1.165, 1.54) is 6.08 Å². The zero-order valence-corrected chi connectivity index (χ0v) is 7.86. The van der Waals surface area contributed by atoms with Crippen molar-refractivity contribution in [3.8, 4) is 0 Å². The number of nitrogens with zero attached hydrogens (tertiary/aromatic N) is 1. The van der Waals surface area contributed by atoms with Crippen LogP contribution in [0.3, 0.4) is 0 Å². The van der Waals surface area contributed by atoms with Crippen molar-refractivity contribution in [2.24, 2.45) is 0 Å². The second kappa shape index (κ2) is 3.25. The van der Waals surface area contributed by atoms with Crippen molar-refractivity contribution in [3.63, 3.8) is 0 Å². The van der Waals surface area contributed by atoms with Gasteiger partial charge in [0.25, 0.3) is 0 Å². The summed E-state index contributed by atoms with van der Waals surface area (Å²) in [5.74, 6) is -0.119. The van der Waals surface area contributed by atoms with Crippen LogP contribution < -0.4 is 5.32 Å². The van der Waals surface area contributed by atoms with E-state index >= 15 is 0 Å². The van der Waals surface area contributed by atoms with Crippen molar-refractivity contribution in [3.05, 3.63) is 42.7 Å². The van der Waals surface area contributed by atoms with Crippen molar-refractivity contribution in [1.82, 2.24) is 10.3 Å². The molecule has 0 spiro atoms. The summed E-state index contributed by atoms with van der Waals surface area (Å²) in [7, 11) is 0. The summed E-state index contributed by atoms with van der Waals surface area (Å²) >= 11 is 0. The molecular formula is C11H12N2O. The Labute approximate surface area is 82.9 Å². The minimum atomic E-state index is -0.167.